The van der Waals surface area contributed by atoms with Crippen LogP contribution in [0.4, 0.5) is 0 Å². The first-order valence-electron chi connectivity index (χ1n) is 6.69. The summed E-state index contributed by atoms with van der Waals surface area (Å²) in [7, 11) is 0. The first kappa shape index (κ1) is 18.4. The number of carbonyl (C=O) groups is 3. The highest BCUT2D eigenvalue weighted by molar-refractivity contribution is 5.82. The van der Waals surface area contributed by atoms with Crippen LogP contribution in [-0.2, 0) is 23.9 Å². The quantitative estimate of drug-likeness (QED) is 0.603. The van der Waals surface area contributed by atoms with Crippen molar-refractivity contribution in [3.05, 3.63) is 0 Å². The second-order valence-corrected chi connectivity index (χ2v) is 4.40. The molecule has 0 aliphatic heterocycles. The molecule has 7 nitrogen and oxygen atoms in total. The summed E-state index contributed by atoms with van der Waals surface area (Å²) in [6.45, 7) is 6.65. The summed E-state index contributed by atoms with van der Waals surface area (Å²) in [5.74, 6) is -2.37. The van der Waals surface area contributed by atoms with Crippen LogP contribution in [0.3, 0.4) is 0 Å². The van der Waals surface area contributed by atoms with Crippen LogP contribution in [0.5, 0.6) is 0 Å². The molecule has 0 aliphatic rings. The number of carbonyl (C=O) groups excluding carboxylic acids is 2. The topological polar surface area (TPSA) is 102 Å². The Bertz CT molecular complexity index is 344. The second kappa shape index (κ2) is 9.30. The van der Waals surface area contributed by atoms with Gasteiger partial charge in [-0.15, -0.1) is 0 Å². The number of aliphatic carboxylic acids is 1. The normalized spacial score (nSPS) is 15.0. The number of nitrogens with one attached hydrogen (secondary N) is 1. The molecule has 2 N–H and O–H groups in total. The van der Waals surface area contributed by atoms with Crippen molar-refractivity contribution >= 4 is 17.9 Å². The molecule has 0 fully saturated rings. The predicted molar refractivity (Wildman–Crippen MR) is 71.1 cm³/mol. The monoisotopic (exact) mass is 289 g/mol. The zero-order valence-corrected chi connectivity index (χ0v) is 12.3. The number of ether oxygens (including phenoxy) is 2. The molecule has 0 aromatic heterocycles. The fraction of sp³-hybridized carbons (Fsp3) is 0.769. The second-order valence-electron chi connectivity index (χ2n) is 4.40. The molecule has 0 radical (unpaired) electrons. The van der Waals surface area contributed by atoms with Gasteiger partial charge in [-0.3, -0.25) is 14.9 Å². The van der Waals surface area contributed by atoms with Crippen LogP contribution in [-0.4, -0.2) is 47.8 Å². The van der Waals surface area contributed by atoms with Gasteiger partial charge in [-0.2, -0.15) is 0 Å². The molecule has 0 amide bonds. The minimum Gasteiger partial charge on any atom is -0.479 e. The van der Waals surface area contributed by atoms with E-state index in [0.717, 1.165) is 6.42 Å². The van der Waals surface area contributed by atoms with Gasteiger partial charge in [0.2, 0.25) is 0 Å². The Hall–Kier alpha value is -1.63. The lowest BCUT2D eigenvalue weighted by Crippen LogP contribution is -2.47. The van der Waals surface area contributed by atoms with E-state index >= 15 is 0 Å². The van der Waals surface area contributed by atoms with Crippen molar-refractivity contribution in [2.45, 2.75) is 58.7 Å². The van der Waals surface area contributed by atoms with Gasteiger partial charge in [0, 0.05) is 0 Å². The molecule has 20 heavy (non-hydrogen) atoms. The first-order valence-corrected chi connectivity index (χ1v) is 6.69. The van der Waals surface area contributed by atoms with E-state index in [9.17, 15) is 14.4 Å². The van der Waals surface area contributed by atoms with E-state index in [1.807, 2.05) is 6.92 Å². The van der Waals surface area contributed by atoms with Crippen molar-refractivity contribution in [1.29, 1.82) is 0 Å². The Kier molecular flexibility index (Phi) is 8.54. The van der Waals surface area contributed by atoms with Crippen molar-refractivity contribution in [3.8, 4) is 0 Å². The summed E-state index contributed by atoms with van der Waals surface area (Å²) in [6.07, 6.45) is 0.0355. The third kappa shape index (κ3) is 6.51. The van der Waals surface area contributed by atoms with E-state index in [-0.39, 0.29) is 6.61 Å². The predicted octanol–water partition coefficient (Wildman–Crippen LogP) is 0.713. The third-order valence-corrected chi connectivity index (χ3v) is 2.59. The molecule has 0 aliphatic carbocycles. The molecular weight excluding hydrogens is 266 g/mol. The molecule has 0 bridgehead atoms. The lowest BCUT2D eigenvalue weighted by Gasteiger charge is -2.21. The number of carboxylic acid groups (broad SMARTS) is 1. The molecule has 7 heteroatoms. The van der Waals surface area contributed by atoms with Crippen molar-refractivity contribution in [1.82, 2.24) is 5.32 Å². The van der Waals surface area contributed by atoms with Gasteiger partial charge < -0.3 is 14.6 Å². The Morgan fingerprint density at radius 2 is 1.75 bits per heavy atom. The number of carboxylic acids is 1. The smallest absolute Gasteiger partial charge is 0.344 e. The SMILES string of the molecule is CCC[C@H](N[C@@H](C)C(=O)O[C@H](C)C(=O)O)C(=O)OCC. The Labute approximate surface area is 118 Å². The van der Waals surface area contributed by atoms with Crippen LogP contribution >= 0.6 is 0 Å². The lowest BCUT2D eigenvalue weighted by molar-refractivity contribution is -0.164. The van der Waals surface area contributed by atoms with E-state index in [0.29, 0.717) is 6.42 Å². The Balaban J connectivity index is 4.50. The average Bonchev–Trinajstić information content (AvgIpc) is 2.37. The van der Waals surface area contributed by atoms with Crippen LogP contribution in [0.25, 0.3) is 0 Å². The Morgan fingerprint density at radius 3 is 2.20 bits per heavy atom. The van der Waals surface area contributed by atoms with Gasteiger partial charge in [-0.1, -0.05) is 13.3 Å². The molecule has 0 aromatic rings. The summed E-state index contributed by atoms with van der Waals surface area (Å²) in [5.41, 5.74) is 0. The van der Waals surface area contributed by atoms with Gasteiger partial charge in [-0.05, 0) is 27.2 Å². The maximum atomic E-state index is 11.7. The van der Waals surface area contributed by atoms with Crippen LogP contribution in [0.2, 0.25) is 0 Å². The molecule has 3 atom stereocenters. The van der Waals surface area contributed by atoms with Gasteiger partial charge in [-0.25, -0.2) is 4.79 Å². The molecule has 0 saturated heterocycles. The molecule has 0 spiro atoms. The molecule has 116 valence electrons. The molecule has 0 unspecified atom stereocenters. The maximum Gasteiger partial charge on any atom is 0.344 e. The van der Waals surface area contributed by atoms with E-state index in [1.165, 1.54) is 13.8 Å². The standard InChI is InChI=1S/C13H23NO6/c1-5-7-10(13(18)19-6-2)14-8(3)12(17)20-9(4)11(15)16/h8-10,14H,5-7H2,1-4H3,(H,15,16)/t8-,9+,10-/m0/s1. The van der Waals surface area contributed by atoms with E-state index < -0.39 is 36.1 Å². The first-order chi connectivity index (χ1) is 9.33. The van der Waals surface area contributed by atoms with Crippen molar-refractivity contribution in [3.63, 3.8) is 0 Å². The summed E-state index contributed by atoms with van der Waals surface area (Å²) >= 11 is 0. The minimum absolute atomic E-state index is 0.260. The van der Waals surface area contributed by atoms with Gasteiger partial charge in [0.15, 0.2) is 6.10 Å². The highest BCUT2D eigenvalue weighted by Crippen LogP contribution is 2.03. The summed E-state index contributed by atoms with van der Waals surface area (Å²) in [5, 5.41) is 11.5. The molecular formula is C13H23NO6. The van der Waals surface area contributed by atoms with Crippen LogP contribution < -0.4 is 5.32 Å². The molecule has 0 aromatic carbocycles. The average molecular weight is 289 g/mol. The van der Waals surface area contributed by atoms with Crippen LogP contribution in [0.1, 0.15) is 40.5 Å². The highest BCUT2D eigenvalue weighted by Gasteiger charge is 2.26. The van der Waals surface area contributed by atoms with Crippen LogP contribution in [0, 0.1) is 0 Å². The van der Waals surface area contributed by atoms with Crippen molar-refractivity contribution < 1.29 is 29.0 Å². The van der Waals surface area contributed by atoms with Crippen LogP contribution in [0.15, 0.2) is 0 Å². The fourth-order valence-electron chi connectivity index (χ4n) is 1.50. The van der Waals surface area contributed by atoms with Gasteiger partial charge in [0.05, 0.1) is 6.61 Å². The van der Waals surface area contributed by atoms with Crippen molar-refractivity contribution in [2.75, 3.05) is 6.61 Å². The summed E-state index contributed by atoms with van der Waals surface area (Å²) in [6, 6.07) is -1.40. The van der Waals surface area contributed by atoms with Gasteiger partial charge >= 0.3 is 17.9 Å². The van der Waals surface area contributed by atoms with Gasteiger partial charge in [0.1, 0.15) is 12.1 Å². The molecule has 0 heterocycles. The van der Waals surface area contributed by atoms with Gasteiger partial charge in [0.25, 0.3) is 0 Å². The summed E-state index contributed by atoms with van der Waals surface area (Å²) < 4.78 is 9.65. The zero-order valence-electron chi connectivity index (χ0n) is 12.3. The van der Waals surface area contributed by atoms with E-state index in [2.05, 4.69) is 5.32 Å². The van der Waals surface area contributed by atoms with E-state index in [4.69, 9.17) is 14.6 Å². The lowest BCUT2D eigenvalue weighted by atomic mass is 10.1. The maximum absolute atomic E-state index is 11.7. The highest BCUT2D eigenvalue weighted by atomic mass is 16.6. The number of rotatable bonds is 9. The fourth-order valence-corrected chi connectivity index (χ4v) is 1.50. The number of hydrogen-bond donors (Lipinski definition) is 2. The Morgan fingerprint density at radius 1 is 1.15 bits per heavy atom. The third-order valence-electron chi connectivity index (χ3n) is 2.59. The molecule has 0 saturated carbocycles. The minimum atomic E-state index is -1.22. The van der Waals surface area contributed by atoms with Crippen molar-refractivity contribution in [2.24, 2.45) is 0 Å². The number of hydrogen-bond acceptors (Lipinski definition) is 6. The largest absolute Gasteiger partial charge is 0.479 e. The molecule has 0 rings (SSSR count). The number of esters is 2. The zero-order chi connectivity index (χ0) is 15.7. The summed E-state index contributed by atoms with van der Waals surface area (Å²) in [4.78, 5) is 34.0. The van der Waals surface area contributed by atoms with E-state index in [1.54, 1.807) is 6.92 Å².